The number of nitrogens with zero attached hydrogens (tertiary/aromatic N) is 1. The smallest absolute Gasteiger partial charge is 0.133 e. The Morgan fingerprint density at radius 3 is 2.25 bits per heavy atom. The molecule has 0 radical (unpaired) electrons. The molecule has 2 N–H and O–H groups in total. The molecule has 152 valence electrons. The van der Waals surface area contributed by atoms with Gasteiger partial charge in [0, 0.05) is 24.1 Å². The number of benzene rings is 2. The van der Waals surface area contributed by atoms with Crippen LogP contribution in [0.25, 0.3) is 0 Å². The second kappa shape index (κ2) is 10.8. The third-order valence-electron chi connectivity index (χ3n) is 5.73. The fourth-order valence-electron chi connectivity index (χ4n) is 4.16. The molecule has 0 aliphatic heterocycles. The minimum absolute atomic E-state index is 0.729. The van der Waals surface area contributed by atoms with Gasteiger partial charge in [-0.25, -0.2) is 0 Å². The molecule has 28 heavy (non-hydrogen) atoms. The molecule has 0 heterocycles. The third-order valence-corrected chi connectivity index (χ3v) is 6.85. The van der Waals surface area contributed by atoms with Gasteiger partial charge in [0.05, 0.1) is 11.6 Å². The van der Waals surface area contributed by atoms with Crippen molar-refractivity contribution in [3.63, 3.8) is 0 Å². The molecule has 0 bridgehead atoms. The fourth-order valence-corrected chi connectivity index (χ4v) is 5.19. The van der Waals surface area contributed by atoms with Crippen molar-refractivity contribution in [2.45, 2.75) is 38.8 Å². The minimum Gasteiger partial charge on any atom is -0.496 e. The maximum absolute atomic E-state index is 5.88. The van der Waals surface area contributed by atoms with Crippen LogP contribution in [0.2, 0.25) is 0 Å². The van der Waals surface area contributed by atoms with Crippen molar-refractivity contribution in [1.29, 1.82) is 0 Å². The summed E-state index contributed by atoms with van der Waals surface area (Å²) in [5, 5.41) is 0. The molecule has 0 atom stereocenters. The predicted molar refractivity (Wildman–Crippen MR) is 123 cm³/mol. The molecule has 2 aromatic rings. The van der Waals surface area contributed by atoms with E-state index >= 15 is 0 Å². The van der Waals surface area contributed by atoms with Gasteiger partial charge in [-0.3, -0.25) is 4.90 Å². The minimum atomic E-state index is 0.729. The van der Waals surface area contributed by atoms with E-state index in [1.54, 1.807) is 7.11 Å². The van der Waals surface area contributed by atoms with Gasteiger partial charge in [-0.15, -0.1) is 0 Å². The van der Waals surface area contributed by atoms with Crippen LogP contribution in [0, 0.1) is 11.8 Å². The Bertz CT molecular complexity index is 760. The van der Waals surface area contributed by atoms with E-state index in [1.165, 1.54) is 36.8 Å². The number of hydrogen-bond donors (Lipinski definition) is 1. The number of rotatable bonds is 8. The van der Waals surface area contributed by atoms with Crippen molar-refractivity contribution in [3.8, 4) is 5.75 Å². The Morgan fingerprint density at radius 2 is 1.64 bits per heavy atom. The lowest BCUT2D eigenvalue weighted by Gasteiger charge is -2.32. The Hall–Kier alpha value is -0.880. The van der Waals surface area contributed by atoms with Gasteiger partial charge in [0.2, 0.25) is 0 Å². The molecular formula is C23H30Br2N2O. The zero-order valence-electron chi connectivity index (χ0n) is 16.5. The second-order valence-electron chi connectivity index (χ2n) is 7.89. The summed E-state index contributed by atoms with van der Waals surface area (Å²) in [4.78, 5) is 2.59. The molecule has 1 saturated carbocycles. The van der Waals surface area contributed by atoms with E-state index in [2.05, 4.69) is 73.2 Å². The number of methoxy groups -OCH3 is 1. The third kappa shape index (κ3) is 6.31. The lowest BCUT2D eigenvalue weighted by molar-refractivity contribution is 0.170. The van der Waals surface area contributed by atoms with E-state index in [9.17, 15) is 0 Å². The van der Waals surface area contributed by atoms with Crippen molar-refractivity contribution in [3.05, 3.63) is 62.5 Å². The van der Waals surface area contributed by atoms with Gasteiger partial charge in [-0.2, -0.15) is 0 Å². The largest absolute Gasteiger partial charge is 0.496 e. The van der Waals surface area contributed by atoms with E-state index < -0.39 is 0 Å². The summed E-state index contributed by atoms with van der Waals surface area (Å²) in [6, 6.07) is 15.0. The van der Waals surface area contributed by atoms with Crippen LogP contribution in [-0.4, -0.2) is 25.1 Å². The van der Waals surface area contributed by atoms with Crippen molar-refractivity contribution in [1.82, 2.24) is 4.90 Å². The maximum atomic E-state index is 5.88. The molecule has 0 unspecified atom stereocenters. The van der Waals surface area contributed by atoms with Gasteiger partial charge >= 0.3 is 0 Å². The van der Waals surface area contributed by atoms with Crippen LogP contribution in [0.5, 0.6) is 5.75 Å². The Balaban J connectivity index is 1.71. The maximum Gasteiger partial charge on any atom is 0.133 e. The highest BCUT2D eigenvalue weighted by Crippen LogP contribution is 2.30. The van der Waals surface area contributed by atoms with Crippen LogP contribution in [0.3, 0.4) is 0 Å². The standard InChI is InChI=1S/C23H30Br2N2O/c1-28-23-10-9-20(12-22(23)25)16-27(15-19-3-2-4-21(24)11-19)14-18-7-5-17(13-26)6-8-18/h2-4,9-12,17-18H,5-8,13-16,26H2,1H3. The molecule has 3 nitrogen and oxygen atoms in total. The van der Waals surface area contributed by atoms with Crippen molar-refractivity contribution in [2.75, 3.05) is 20.2 Å². The molecule has 0 amide bonds. The topological polar surface area (TPSA) is 38.5 Å². The molecule has 1 aliphatic carbocycles. The highest BCUT2D eigenvalue weighted by molar-refractivity contribution is 9.10. The average molecular weight is 510 g/mol. The summed E-state index contributed by atoms with van der Waals surface area (Å²) in [5.74, 6) is 2.37. The van der Waals surface area contributed by atoms with Crippen LogP contribution in [0.4, 0.5) is 0 Å². The normalized spacial score (nSPS) is 19.8. The van der Waals surface area contributed by atoms with E-state index in [4.69, 9.17) is 10.5 Å². The van der Waals surface area contributed by atoms with Crippen molar-refractivity contribution in [2.24, 2.45) is 17.6 Å². The summed E-state index contributed by atoms with van der Waals surface area (Å²) in [6.45, 7) is 3.87. The summed E-state index contributed by atoms with van der Waals surface area (Å²) in [5.41, 5.74) is 8.53. The Morgan fingerprint density at radius 1 is 0.964 bits per heavy atom. The van der Waals surface area contributed by atoms with Crippen LogP contribution in [0.15, 0.2) is 51.4 Å². The van der Waals surface area contributed by atoms with Crippen molar-refractivity contribution >= 4 is 31.9 Å². The highest BCUT2D eigenvalue weighted by Gasteiger charge is 2.22. The first kappa shape index (κ1) is 21.8. The highest BCUT2D eigenvalue weighted by atomic mass is 79.9. The summed E-state index contributed by atoms with van der Waals surface area (Å²) < 4.78 is 7.53. The van der Waals surface area contributed by atoms with Crippen LogP contribution < -0.4 is 10.5 Å². The number of nitrogens with two attached hydrogens (primary N) is 1. The molecule has 1 fully saturated rings. The summed E-state index contributed by atoms with van der Waals surface area (Å²) in [6.07, 6.45) is 5.15. The molecule has 0 spiro atoms. The van der Waals surface area contributed by atoms with Gasteiger partial charge < -0.3 is 10.5 Å². The summed E-state index contributed by atoms with van der Waals surface area (Å²) in [7, 11) is 1.71. The fraction of sp³-hybridized carbons (Fsp3) is 0.478. The first-order valence-corrected chi connectivity index (χ1v) is 11.6. The average Bonchev–Trinajstić information content (AvgIpc) is 2.69. The first-order chi connectivity index (χ1) is 13.6. The zero-order chi connectivity index (χ0) is 19.9. The van der Waals surface area contributed by atoms with Gasteiger partial charge in [0.25, 0.3) is 0 Å². The van der Waals surface area contributed by atoms with Crippen LogP contribution in [0.1, 0.15) is 36.8 Å². The Labute approximate surface area is 185 Å². The van der Waals surface area contributed by atoms with Gasteiger partial charge in [0.1, 0.15) is 5.75 Å². The Kier molecular flexibility index (Phi) is 8.39. The number of halogens is 2. The quantitative estimate of drug-likeness (QED) is 0.475. The molecule has 2 aromatic carbocycles. The lowest BCUT2D eigenvalue weighted by Crippen LogP contribution is -2.32. The second-order valence-corrected chi connectivity index (χ2v) is 9.66. The molecular weight excluding hydrogens is 480 g/mol. The van der Waals surface area contributed by atoms with Crippen LogP contribution in [-0.2, 0) is 13.1 Å². The molecule has 0 saturated heterocycles. The number of hydrogen-bond acceptors (Lipinski definition) is 3. The SMILES string of the molecule is COc1ccc(CN(Cc2cccc(Br)c2)CC2CCC(CN)CC2)cc1Br. The summed E-state index contributed by atoms with van der Waals surface area (Å²) >= 11 is 7.23. The van der Waals surface area contributed by atoms with Gasteiger partial charge in [0.15, 0.2) is 0 Å². The number of ether oxygens (including phenoxy) is 1. The van der Waals surface area contributed by atoms with E-state index in [0.717, 1.165) is 52.7 Å². The monoisotopic (exact) mass is 508 g/mol. The van der Waals surface area contributed by atoms with E-state index in [0.29, 0.717) is 0 Å². The zero-order valence-corrected chi connectivity index (χ0v) is 19.7. The first-order valence-electron chi connectivity index (χ1n) is 10.1. The lowest BCUT2D eigenvalue weighted by atomic mass is 9.82. The predicted octanol–water partition coefficient (Wildman–Crippen LogP) is 5.99. The van der Waals surface area contributed by atoms with Crippen LogP contribution >= 0.6 is 31.9 Å². The van der Waals surface area contributed by atoms with Gasteiger partial charge in [-0.05, 0) is 95.4 Å². The molecule has 0 aromatic heterocycles. The van der Waals surface area contributed by atoms with Crippen molar-refractivity contribution < 1.29 is 4.74 Å². The van der Waals surface area contributed by atoms with E-state index in [1.807, 2.05) is 6.07 Å². The molecule has 1 aliphatic rings. The molecule has 5 heteroatoms. The van der Waals surface area contributed by atoms with E-state index in [-0.39, 0.29) is 0 Å². The molecule has 3 rings (SSSR count). The van der Waals surface area contributed by atoms with Gasteiger partial charge in [-0.1, -0.05) is 34.1 Å².